The van der Waals surface area contributed by atoms with Gasteiger partial charge in [0.2, 0.25) is 11.9 Å². The summed E-state index contributed by atoms with van der Waals surface area (Å²) in [7, 11) is 0. The van der Waals surface area contributed by atoms with Crippen LogP contribution >= 0.6 is 34.7 Å². The molecule has 2 aromatic carbocycles. The van der Waals surface area contributed by atoms with Crippen molar-refractivity contribution >= 4 is 70.6 Å². The summed E-state index contributed by atoms with van der Waals surface area (Å²) in [5, 5.41) is 0. The summed E-state index contributed by atoms with van der Waals surface area (Å²) in [6.07, 6.45) is 0. The highest BCUT2D eigenvalue weighted by Gasteiger charge is 2.71. The first-order valence-corrected chi connectivity index (χ1v) is 16.4. The van der Waals surface area contributed by atoms with Crippen LogP contribution in [0.3, 0.4) is 0 Å². The lowest BCUT2D eigenvalue weighted by molar-refractivity contribution is 1.43. The molecule has 0 N–H and O–H groups in total. The molecule has 0 amide bonds. The number of hydrogen-bond donors (Lipinski definition) is 0. The van der Waals surface area contributed by atoms with Gasteiger partial charge in [-0.1, -0.05) is 50.2 Å². The van der Waals surface area contributed by atoms with E-state index in [-0.39, 0.29) is 0 Å². The van der Waals surface area contributed by atoms with Gasteiger partial charge in [-0.05, 0) is 24.3 Å². The minimum absolute atomic E-state index is 0.996. The molecule has 8 heteroatoms. The van der Waals surface area contributed by atoms with Gasteiger partial charge in [0.05, 0.1) is 22.8 Å². The molecule has 1 aliphatic heterocycles. The lowest BCUT2D eigenvalue weighted by Crippen LogP contribution is -2.46. The van der Waals surface area contributed by atoms with Crippen LogP contribution in [0.2, 0.25) is 0 Å². The topological polar surface area (TPSA) is 6.48 Å². The number of anilines is 2. The van der Waals surface area contributed by atoms with Gasteiger partial charge in [-0.25, -0.2) is 0 Å². The largest absolute Gasteiger partial charge is 0.487 e. The maximum Gasteiger partial charge on any atom is 0.219 e. The van der Waals surface area contributed by atoms with E-state index in [0.29, 0.717) is 0 Å². The molecule has 0 bridgehead atoms. The van der Waals surface area contributed by atoms with Crippen LogP contribution in [0.4, 0.5) is 11.4 Å². The Morgan fingerprint density at radius 1 is 0.708 bits per heavy atom. The van der Waals surface area contributed by atoms with Crippen LogP contribution in [-0.4, -0.2) is 11.5 Å². The smallest absolute Gasteiger partial charge is 0.219 e. The summed E-state index contributed by atoms with van der Waals surface area (Å²) < 4.78 is 4.86. The van der Waals surface area contributed by atoms with Gasteiger partial charge in [-0.15, -0.1) is 8.88 Å². The zero-order valence-corrected chi connectivity index (χ0v) is 18.7. The molecule has 0 aromatic heterocycles. The van der Waals surface area contributed by atoms with Crippen molar-refractivity contribution in [2.45, 2.75) is 13.8 Å². The van der Waals surface area contributed by atoms with Gasteiger partial charge in [-0.2, -0.15) is 0 Å². The molecule has 0 aliphatic carbocycles. The Kier molecular flexibility index (Phi) is 6.28. The third-order valence-electron chi connectivity index (χ3n) is 3.53. The van der Waals surface area contributed by atoms with E-state index in [1.807, 2.05) is 34.9 Å². The highest BCUT2D eigenvalue weighted by Crippen LogP contribution is 3.03. The average molecular weight is 431 g/mol. The first-order chi connectivity index (χ1) is 11.6. The fourth-order valence-corrected chi connectivity index (χ4v) is 28.8. The lowest BCUT2D eigenvalue weighted by Gasteiger charge is -2.63. The molecule has 0 spiro atoms. The van der Waals surface area contributed by atoms with Crippen LogP contribution in [0.15, 0.2) is 60.7 Å². The second-order valence-corrected chi connectivity index (χ2v) is 20.0. The molecule has 0 radical (unpaired) electrons. The van der Waals surface area contributed by atoms with Gasteiger partial charge in [0.15, 0.2) is 0 Å². The summed E-state index contributed by atoms with van der Waals surface area (Å²) in [4.78, 5) is 0. The Bertz CT molecular complexity index is 607. The Morgan fingerprint density at radius 2 is 1.04 bits per heavy atom. The SMILES string of the molecule is CCS[P+]1([S-])N(c2ccccc2)[P+]([S-])(SCC)N1c1ccccc1. The van der Waals surface area contributed by atoms with E-state index in [1.54, 1.807) is 0 Å². The van der Waals surface area contributed by atoms with Crippen molar-refractivity contribution in [3.8, 4) is 0 Å². The van der Waals surface area contributed by atoms with Crippen LogP contribution in [0.1, 0.15) is 13.8 Å². The molecule has 128 valence electrons. The minimum Gasteiger partial charge on any atom is -0.487 e. The third-order valence-corrected chi connectivity index (χ3v) is 22.9. The van der Waals surface area contributed by atoms with Crippen molar-refractivity contribution in [3.05, 3.63) is 60.7 Å². The maximum atomic E-state index is 6.27. The van der Waals surface area contributed by atoms with Crippen LogP contribution in [0.5, 0.6) is 0 Å². The molecule has 1 saturated heterocycles. The third kappa shape index (κ3) is 3.19. The number of para-hydroxylation sites is 2. The van der Waals surface area contributed by atoms with Gasteiger partial charge in [0.25, 0.3) is 0 Å². The zero-order chi connectivity index (χ0) is 17.2. The average Bonchev–Trinajstić information content (AvgIpc) is 2.57. The zero-order valence-electron chi connectivity index (χ0n) is 13.6. The Balaban J connectivity index is 2.10. The number of benzene rings is 2. The van der Waals surface area contributed by atoms with Gasteiger partial charge in [0.1, 0.15) is 11.4 Å². The minimum atomic E-state index is -1.97. The standard InChI is InChI=1S/C16H20N2P2S4/c1-3-23-19(21)17(15-11-7-5-8-12-15)20(22,24-4-2)18(19)16-13-9-6-10-14-16/h5-14H,3-4H2,1-2H3. The molecule has 1 aliphatic rings. The molecule has 0 unspecified atom stereocenters. The number of nitrogens with zero attached hydrogens (tertiary/aromatic N) is 2. The van der Waals surface area contributed by atoms with Crippen molar-refractivity contribution in [1.29, 1.82) is 0 Å². The van der Waals surface area contributed by atoms with E-state index in [4.69, 9.17) is 24.5 Å². The fraction of sp³-hybridized carbons (Fsp3) is 0.250. The first-order valence-electron chi connectivity index (χ1n) is 7.79. The molecule has 0 saturated carbocycles. The molecule has 3 rings (SSSR count). The predicted molar refractivity (Wildman–Crippen MR) is 123 cm³/mol. The molecule has 0 atom stereocenters. The van der Waals surface area contributed by atoms with Gasteiger partial charge in [-0.3, -0.25) is 0 Å². The second-order valence-electron chi connectivity index (χ2n) is 5.07. The van der Waals surface area contributed by atoms with Gasteiger partial charge in [0, 0.05) is 11.5 Å². The Labute approximate surface area is 164 Å². The van der Waals surface area contributed by atoms with Crippen LogP contribution < -0.4 is 8.88 Å². The van der Waals surface area contributed by atoms with Crippen molar-refractivity contribution < 1.29 is 0 Å². The van der Waals surface area contributed by atoms with Crippen molar-refractivity contribution in [1.82, 2.24) is 0 Å². The van der Waals surface area contributed by atoms with Crippen molar-refractivity contribution in [2.24, 2.45) is 0 Å². The van der Waals surface area contributed by atoms with E-state index >= 15 is 0 Å². The molecule has 1 heterocycles. The molecular formula is C16H20N2P2S4. The highest BCUT2D eigenvalue weighted by molar-refractivity contribution is 9.01. The number of rotatable bonds is 6. The molecule has 2 aromatic rings. The van der Waals surface area contributed by atoms with Crippen LogP contribution in [0, 0.1) is 0 Å². The summed E-state index contributed by atoms with van der Waals surface area (Å²) in [5.41, 5.74) is 2.36. The van der Waals surface area contributed by atoms with Gasteiger partial charge >= 0.3 is 0 Å². The van der Waals surface area contributed by atoms with E-state index in [2.05, 4.69) is 71.3 Å². The quantitative estimate of drug-likeness (QED) is 0.358. The maximum absolute atomic E-state index is 6.27. The summed E-state index contributed by atoms with van der Waals surface area (Å²) in [6, 6.07) is 21.0. The summed E-state index contributed by atoms with van der Waals surface area (Å²) in [6.45, 7) is 4.36. The molecule has 2 nitrogen and oxygen atoms in total. The number of hydrogen-bond acceptors (Lipinski definition) is 6. The molecular weight excluding hydrogens is 410 g/mol. The monoisotopic (exact) mass is 430 g/mol. The van der Waals surface area contributed by atoms with E-state index in [0.717, 1.165) is 11.5 Å². The second kappa shape index (κ2) is 7.90. The first kappa shape index (κ1) is 19.1. The highest BCUT2D eigenvalue weighted by atomic mass is 33.1. The molecule has 24 heavy (non-hydrogen) atoms. The Morgan fingerprint density at radius 3 is 1.33 bits per heavy atom. The Hall–Kier alpha value is 0.300. The van der Waals surface area contributed by atoms with E-state index in [9.17, 15) is 0 Å². The normalized spacial score (nSPS) is 26.3. The predicted octanol–water partition coefficient (Wildman–Crippen LogP) is 6.97. The summed E-state index contributed by atoms with van der Waals surface area (Å²) >= 11 is 16.3. The summed E-state index contributed by atoms with van der Waals surface area (Å²) in [5.74, 6) is -1.94. The lowest BCUT2D eigenvalue weighted by atomic mass is 10.3. The molecule has 1 fully saturated rings. The fourth-order valence-electron chi connectivity index (χ4n) is 2.68. The van der Waals surface area contributed by atoms with Gasteiger partial charge < -0.3 is 24.5 Å². The van der Waals surface area contributed by atoms with E-state index < -0.39 is 11.9 Å². The van der Waals surface area contributed by atoms with Crippen LogP contribution in [-0.2, 0) is 24.5 Å². The van der Waals surface area contributed by atoms with Crippen LogP contribution in [0.25, 0.3) is 0 Å². The van der Waals surface area contributed by atoms with Crippen molar-refractivity contribution in [2.75, 3.05) is 20.4 Å². The van der Waals surface area contributed by atoms with E-state index in [1.165, 1.54) is 11.4 Å². The van der Waals surface area contributed by atoms with Crippen molar-refractivity contribution in [3.63, 3.8) is 0 Å².